The second-order valence-corrected chi connectivity index (χ2v) is 4.53. The first kappa shape index (κ1) is 11.4. The minimum Gasteiger partial charge on any atom is -0.337 e. The van der Waals surface area contributed by atoms with E-state index in [9.17, 15) is 10.1 Å². The number of rotatable bonds is 1. The number of Topliss-reactive ketones (excluding diaryl/α,β-unsaturated/α-hetero) is 1. The van der Waals surface area contributed by atoms with Crippen LogP contribution < -0.4 is 5.84 Å². The SMILES string of the molecule is CC(=O)c1c(C)c(C#N)n2c3ccccc3n(N)c12. The minimum absolute atomic E-state index is 0.0917. The van der Waals surface area contributed by atoms with Crippen molar-refractivity contribution in [3.05, 3.63) is 41.1 Å². The first-order chi connectivity index (χ1) is 9.07. The second kappa shape index (κ2) is 3.62. The molecule has 3 rings (SSSR count). The van der Waals surface area contributed by atoms with E-state index in [1.807, 2.05) is 24.3 Å². The maximum absolute atomic E-state index is 11.8. The first-order valence-electron chi connectivity index (χ1n) is 5.88. The topological polar surface area (TPSA) is 76.2 Å². The van der Waals surface area contributed by atoms with Crippen molar-refractivity contribution in [1.29, 1.82) is 5.26 Å². The summed E-state index contributed by atoms with van der Waals surface area (Å²) in [5.74, 6) is 5.99. The Hall–Kier alpha value is -2.74. The molecule has 0 atom stereocenters. The van der Waals surface area contributed by atoms with Gasteiger partial charge in [0.15, 0.2) is 5.78 Å². The molecule has 0 fully saturated rings. The lowest BCUT2D eigenvalue weighted by molar-refractivity contribution is 0.101. The molecule has 0 aliphatic rings. The zero-order valence-electron chi connectivity index (χ0n) is 10.6. The number of hydrogen-bond acceptors (Lipinski definition) is 3. The van der Waals surface area contributed by atoms with Crippen LogP contribution in [0.3, 0.4) is 0 Å². The molecule has 94 valence electrons. The highest BCUT2D eigenvalue weighted by molar-refractivity contribution is 6.04. The van der Waals surface area contributed by atoms with Crippen LogP contribution in [-0.4, -0.2) is 14.9 Å². The van der Waals surface area contributed by atoms with Crippen molar-refractivity contribution in [2.45, 2.75) is 13.8 Å². The number of benzene rings is 1. The normalized spacial score (nSPS) is 11.0. The fourth-order valence-electron chi connectivity index (χ4n) is 2.66. The van der Waals surface area contributed by atoms with Crippen LogP contribution in [0.25, 0.3) is 16.7 Å². The van der Waals surface area contributed by atoms with E-state index in [0.717, 1.165) is 11.0 Å². The smallest absolute Gasteiger partial charge is 0.163 e. The summed E-state index contributed by atoms with van der Waals surface area (Å²) in [5.41, 5.74) is 3.83. The highest BCUT2D eigenvalue weighted by Gasteiger charge is 2.23. The summed E-state index contributed by atoms with van der Waals surface area (Å²) in [6, 6.07) is 9.66. The Balaban J connectivity index is 2.70. The van der Waals surface area contributed by atoms with Crippen LogP contribution in [-0.2, 0) is 0 Å². The molecule has 0 bridgehead atoms. The molecule has 2 N–H and O–H groups in total. The maximum atomic E-state index is 11.8. The van der Waals surface area contributed by atoms with Gasteiger partial charge in [0, 0.05) is 0 Å². The van der Waals surface area contributed by atoms with Crippen molar-refractivity contribution in [2.24, 2.45) is 0 Å². The number of imidazole rings is 1. The van der Waals surface area contributed by atoms with Crippen molar-refractivity contribution >= 4 is 22.5 Å². The summed E-state index contributed by atoms with van der Waals surface area (Å²) < 4.78 is 3.22. The van der Waals surface area contributed by atoms with Crippen LogP contribution in [0.5, 0.6) is 0 Å². The number of nitriles is 1. The van der Waals surface area contributed by atoms with Crippen LogP contribution in [0.2, 0.25) is 0 Å². The third-order valence-corrected chi connectivity index (χ3v) is 3.46. The molecule has 5 heteroatoms. The number of nitrogens with zero attached hydrogens (tertiary/aromatic N) is 3. The van der Waals surface area contributed by atoms with Gasteiger partial charge in [0.25, 0.3) is 0 Å². The number of nitrogens with two attached hydrogens (primary N) is 1. The van der Waals surface area contributed by atoms with Crippen LogP contribution >= 0.6 is 0 Å². The standard InChI is InChI=1S/C14H12N4O/c1-8-12(7-15)17-10-5-3-4-6-11(10)18(16)14(17)13(8)9(2)19/h3-6H,16H2,1-2H3. The molecule has 0 unspecified atom stereocenters. The molecule has 3 aromatic rings. The Morgan fingerprint density at radius 1 is 1.32 bits per heavy atom. The largest absolute Gasteiger partial charge is 0.337 e. The van der Waals surface area contributed by atoms with Gasteiger partial charge in [-0.15, -0.1) is 0 Å². The monoisotopic (exact) mass is 252 g/mol. The van der Waals surface area contributed by atoms with Crippen molar-refractivity contribution in [3.63, 3.8) is 0 Å². The summed E-state index contributed by atoms with van der Waals surface area (Å²) in [6.45, 7) is 3.26. The van der Waals surface area contributed by atoms with E-state index in [2.05, 4.69) is 6.07 Å². The van der Waals surface area contributed by atoms with Crippen LogP contribution in [0.4, 0.5) is 0 Å². The van der Waals surface area contributed by atoms with Gasteiger partial charge in [-0.25, -0.2) is 4.68 Å². The molecule has 0 amide bonds. The number of aromatic nitrogens is 2. The summed E-state index contributed by atoms with van der Waals surface area (Å²) >= 11 is 0. The van der Waals surface area contributed by atoms with E-state index < -0.39 is 0 Å². The lowest BCUT2D eigenvalue weighted by Crippen LogP contribution is -2.09. The van der Waals surface area contributed by atoms with Crippen molar-refractivity contribution in [2.75, 3.05) is 5.84 Å². The number of carbonyl (C=O) groups is 1. The molecule has 2 heterocycles. The molecule has 2 aromatic heterocycles. The lowest BCUT2D eigenvalue weighted by atomic mass is 10.1. The van der Waals surface area contributed by atoms with Crippen molar-refractivity contribution in [3.8, 4) is 6.07 Å². The maximum Gasteiger partial charge on any atom is 0.163 e. The van der Waals surface area contributed by atoms with E-state index in [1.165, 1.54) is 11.6 Å². The molecule has 19 heavy (non-hydrogen) atoms. The lowest BCUT2D eigenvalue weighted by Gasteiger charge is -1.99. The summed E-state index contributed by atoms with van der Waals surface area (Å²) in [7, 11) is 0. The number of nitrogen functional groups attached to an aromatic ring is 1. The molecule has 0 radical (unpaired) electrons. The molecular weight excluding hydrogens is 240 g/mol. The van der Waals surface area contributed by atoms with E-state index in [4.69, 9.17) is 5.84 Å². The summed E-state index contributed by atoms with van der Waals surface area (Å²) in [6.07, 6.45) is 0. The quantitative estimate of drug-likeness (QED) is 0.531. The van der Waals surface area contributed by atoms with Gasteiger partial charge in [0.05, 0.1) is 16.6 Å². The van der Waals surface area contributed by atoms with Gasteiger partial charge in [-0.05, 0) is 31.5 Å². The van der Waals surface area contributed by atoms with Gasteiger partial charge in [-0.3, -0.25) is 9.20 Å². The van der Waals surface area contributed by atoms with Gasteiger partial charge in [-0.2, -0.15) is 5.26 Å². The van der Waals surface area contributed by atoms with Gasteiger partial charge < -0.3 is 5.84 Å². The Bertz CT molecular complexity index is 876. The van der Waals surface area contributed by atoms with Crippen molar-refractivity contribution in [1.82, 2.24) is 9.08 Å². The Morgan fingerprint density at radius 2 is 1.95 bits per heavy atom. The highest BCUT2D eigenvalue weighted by atomic mass is 16.1. The van der Waals surface area contributed by atoms with E-state index in [1.54, 1.807) is 11.3 Å². The van der Waals surface area contributed by atoms with Crippen LogP contribution in [0, 0.1) is 18.3 Å². The van der Waals surface area contributed by atoms with Crippen molar-refractivity contribution < 1.29 is 4.79 Å². The van der Waals surface area contributed by atoms with Gasteiger partial charge in [0.2, 0.25) is 0 Å². The molecule has 0 saturated heterocycles. The predicted molar refractivity (Wildman–Crippen MR) is 72.5 cm³/mol. The number of carbonyl (C=O) groups excluding carboxylic acids is 1. The fourth-order valence-corrected chi connectivity index (χ4v) is 2.66. The highest BCUT2D eigenvalue weighted by Crippen LogP contribution is 2.29. The number of ketones is 1. The van der Waals surface area contributed by atoms with E-state index in [0.29, 0.717) is 22.5 Å². The third kappa shape index (κ3) is 1.25. The second-order valence-electron chi connectivity index (χ2n) is 4.53. The van der Waals surface area contributed by atoms with Gasteiger partial charge >= 0.3 is 0 Å². The number of para-hydroxylation sites is 2. The van der Waals surface area contributed by atoms with E-state index in [-0.39, 0.29) is 5.78 Å². The molecule has 0 aliphatic carbocycles. The molecule has 0 spiro atoms. The van der Waals surface area contributed by atoms with Gasteiger partial charge in [-0.1, -0.05) is 12.1 Å². The molecule has 1 aromatic carbocycles. The zero-order valence-corrected chi connectivity index (χ0v) is 10.6. The van der Waals surface area contributed by atoms with E-state index >= 15 is 0 Å². The Labute approximate surface area is 109 Å². The zero-order chi connectivity index (χ0) is 13.7. The number of fused-ring (bicyclic) bond motifs is 3. The summed E-state index contributed by atoms with van der Waals surface area (Å²) in [5, 5.41) is 9.35. The number of hydrogen-bond donors (Lipinski definition) is 1. The Morgan fingerprint density at radius 3 is 2.53 bits per heavy atom. The van der Waals surface area contributed by atoms with Crippen LogP contribution in [0.1, 0.15) is 28.5 Å². The molecule has 0 aliphatic heterocycles. The van der Waals surface area contributed by atoms with Gasteiger partial charge in [0.1, 0.15) is 17.4 Å². The fraction of sp³-hybridized carbons (Fsp3) is 0.143. The first-order valence-corrected chi connectivity index (χ1v) is 5.88. The molecule has 5 nitrogen and oxygen atoms in total. The third-order valence-electron chi connectivity index (χ3n) is 3.46. The predicted octanol–water partition coefficient (Wildman–Crippen LogP) is 1.99. The average molecular weight is 252 g/mol. The minimum atomic E-state index is -0.0917. The molecule has 0 saturated carbocycles. The summed E-state index contributed by atoms with van der Waals surface area (Å²) in [4.78, 5) is 11.8. The Kier molecular flexibility index (Phi) is 2.17. The van der Waals surface area contributed by atoms with Crippen LogP contribution in [0.15, 0.2) is 24.3 Å². The molecular formula is C14H12N4O. The average Bonchev–Trinajstić information content (AvgIpc) is 2.83.